The van der Waals surface area contributed by atoms with Crippen molar-refractivity contribution in [3.63, 3.8) is 0 Å². The van der Waals surface area contributed by atoms with Gasteiger partial charge in [-0.3, -0.25) is 4.90 Å². The number of carbonyl (C=O) groups is 1. The van der Waals surface area contributed by atoms with Crippen LogP contribution in [0.4, 0.5) is 4.79 Å². The van der Waals surface area contributed by atoms with Crippen LogP contribution in [-0.2, 0) is 4.74 Å². The number of amides is 1. The smallest absolute Gasteiger partial charge is 0.412 e. The van der Waals surface area contributed by atoms with Crippen molar-refractivity contribution in [1.82, 2.24) is 4.90 Å². The molecule has 0 bridgehead atoms. The molecule has 1 saturated carbocycles. The maximum Gasteiger partial charge on any atom is 0.412 e. The van der Waals surface area contributed by atoms with Gasteiger partial charge < -0.3 is 9.84 Å². The molecule has 1 aliphatic rings. The summed E-state index contributed by atoms with van der Waals surface area (Å²) in [7, 11) is 0. The predicted octanol–water partition coefficient (Wildman–Crippen LogP) is 3.92. The SMILES string of the molecule is CCCC(C)N(C(=O)OC(C)(C)C)C(O)C1CCCC1. The molecule has 118 valence electrons. The molecule has 4 heteroatoms. The number of aliphatic hydroxyl groups excluding tert-OH is 1. The van der Waals surface area contributed by atoms with Gasteiger partial charge in [0.15, 0.2) is 0 Å². The highest BCUT2D eigenvalue weighted by atomic mass is 16.6. The lowest BCUT2D eigenvalue weighted by Crippen LogP contribution is -2.50. The van der Waals surface area contributed by atoms with E-state index in [0.29, 0.717) is 0 Å². The quantitative estimate of drug-likeness (QED) is 0.779. The van der Waals surface area contributed by atoms with E-state index in [1.807, 2.05) is 27.7 Å². The van der Waals surface area contributed by atoms with Gasteiger partial charge in [-0.2, -0.15) is 0 Å². The lowest BCUT2D eigenvalue weighted by atomic mass is 10.0. The van der Waals surface area contributed by atoms with E-state index in [4.69, 9.17) is 4.74 Å². The monoisotopic (exact) mass is 285 g/mol. The molecule has 0 aromatic carbocycles. The minimum atomic E-state index is -0.714. The Bertz CT molecular complexity index is 305. The molecule has 4 nitrogen and oxygen atoms in total. The van der Waals surface area contributed by atoms with E-state index in [2.05, 4.69) is 6.92 Å². The summed E-state index contributed by atoms with van der Waals surface area (Å²) in [6.07, 6.45) is 5.05. The van der Waals surface area contributed by atoms with Crippen molar-refractivity contribution in [2.24, 2.45) is 5.92 Å². The highest BCUT2D eigenvalue weighted by molar-refractivity contribution is 5.68. The molecule has 0 saturated heterocycles. The van der Waals surface area contributed by atoms with Gasteiger partial charge in [0.05, 0.1) is 0 Å². The maximum atomic E-state index is 12.4. The molecule has 2 unspecified atom stereocenters. The average Bonchev–Trinajstić information content (AvgIpc) is 2.79. The summed E-state index contributed by atoms with van der Waals surface area (Å²) < 4.78 is 5.48. The van der Waals surface area contributed by atoms with Crippen LogP contribution in [0.15, 0.2) is 0 Å². The van der Waals surface area contributed by atoms with Crippen molar-refractivity contribution in [2.75, 3.05) is 0 Å². The van der Waals surface area contributed by atoms with Gasteiger partial charge in [-0.05, 0) is 47.0 Å². The van der Waals surface area contributed by atoms with E-state index in [1.165, 1.54) is 0 Å². The summed E-state index contributed by atoms with van der Waals surface area (Å²) in [6, 6.07) is 0.00505. The second-order valence-corrected chi connectivity index (χ2v) is 6.98. The van der Waals surface area contributed by atoms with Crippen LogP contribution >= 0.6 is 0 Å². The highest BCUT2D eigenvalue weighted by Gasteiger charge is 2.36. The molecule has 0 radical (unpaired) electrons. The molecule has 0 aromatic heterocycles. The lowest BCUT2D eigenvalue weighted by Gasteiger charge is -2.37. The molecule has 0 aromatic rings. The second-order valence-electron chi connectivity index (χ2n) is 6.98. The summed E-state index contributed by atoms with van der Waals surface area (Å²) in [5.74, 6) is 0.196. The summed E-state index contributed by atoms with van der Waals surface area (Å²) in [6.45, 7) is 9.65. The molecular weight excluding hydrogens is 254 g/mol. The Kier molecular flexibility index (Phi) is 6.31. The van der Waals surface area contributed by atoms with Crippen LogP contribution < -0.4 is 0 Å². The molecule has 0 heterocycles. The van der Waals surface area contributed by atoms with Crippen molar-refractivity contribution in [1.29, 1.82) is 0 Å². The average molecular weight is 285 g/mol. The van der Waals surface area contributed by atoms with Gasteiger partial charge in [-0.1, -0.05) is 26.2 Å². The Hall–Kier alpha value is -0.770. The van der Waals surface area contributed by atoms with E-state index >= 15 is 0 Å². The zero-order valence-corrected chi connectivity index (χ0v) is 13.7. The van der Waals surface area contributed by atoms with Crippen LogP contribution in [0.2, 0.25) is 0 Å². The molecule has 20 heavy (non-hydrogen) atoms. The van der Waals surface area contributed by atoms with Crippen LogP contribution in [0.1, 0.15) is 73.1 Å². The fourth-order valence-corrected chi connectivity index (χ4v) is 2.90. The van der Waals surface area contributed by atoms with Gasteiger partial charge in [0.25, 0.3) is 0 Å². The van der Waals surface area contributed by atoms with E-state index in [9.17, 15) is 9.90 Å². The minimum absolute atomic E-state index is 0.00505. The molecule has 0 aliphatic heterocycles. The van der Waals surface area contributed by atoms with Gasteiger partial charge in [-0.15, -0.1) is 0 Å². The first-order chi connectivity index (χ1) is 9.26. The minimum Gasteiger partial charge on any atom is -0.444 e. The third-order valence-corrected chi connectivity index (χ3v) is 3.89. The number of rotatable bonds is 5. The fourth-order valence-electron chi connectivity index (χ4n) is 2.90. The van der Waals surface area contributed by atoms with E-state index in [-0.39, 0.29) is 12.0 Å². The van der Waals surface area contributed by atoms with Gasteiger partial charge in [-0.25, -0.2) is 4.79 Å². The largest absolute Gasteiger partial charge is 0.444 e. The van der Waals surface area contributed by atoms with Gasteiger partial charge >= 0.3 is 6.09 Å². The van der Waals surface area contributed by atoms with Crippen molar-refractivity contribution in [3.8, 4) is 0 Å². The second kappa shape index (κ2) is 7.30. The normalized spacial score (nSPS) is 19.7. The molecule has 1 fully saturated rings. The first-order valence-electron chi connectivity index (χ1n) is 7.95. The molecule has 1 N–H and O–H groups in total. The van der Waals surface area contributed by atoms with E-state index in [1.54, 1.807) is 4.90 Å². The van der Waals surface area contributed by atoms with Crippen LogP contribution in [-0.4, -0.2) is 34.0 Å². The van der Waals surface area contributed by atoms with Gasteiger partial charge in [0.2, 0.25) is 0 Å². The topological polar surface area (TPSA) is 49.8 Å². The molecule has 1 rings (SSSR count). The number of nitrogens with zero attached hydrogens (tertiary/aromatic N) is 1. The van der Waals surface area contributed by atoms with Crippen molar-refractivity contribution >= 4 is 6.09 Å². The molecule has 1 amide bonds. The number of ether oxygens (including phenoxy) is 1. The number of hydrogen-bond acceptors (Lipinski definition) is 3. The molecular formula is C16H31NO3. The van der Waals surface area contributed by atoms with Crippen LogP contribution in [0, 0.1) is 5.92 Å². The molecule has 0 spiro atoms. The van der Waals surface area contributed by atoms with Gasteiger partial charge in [0.1, 0.15) is 11.8 Å². The molecule has 2 atom stereocenters. The number of hydrogen-bond donors (Lipinski definition) is 1. The Labute approximate surface area is 123 Å². The predicted molar refractivity (Wildman–Crippen MR) is 80.4 cm³/mol. The summed E-state index contributed by atoms with van der Waals surface area (Å²) >= 11 is 0. The van der Waals surface area contributed by atoms with Crippen LogP contribution in [0.25, 0.3) is 0 Å². The zero-order valence-electron chi connectivity index (χ0n) is 13.7. The number of aliphatic hydroxyl groups is 1. The fraction of sp³-hybridized carbons (Fsp3) is 0.938. The lowest BCUT2D eigenvalue weighted by molar-refractivity contribution is -0.0694. The Morgan fingerprint density at radius 1 is 1.35 bits per heavy atom. The first-order valence-corrected chi connectivity index (χ1v) is 7.95. The van der Waals surface area contributed by atoms with Crippen molar-refractivity contribution < 1.29 is 14.6 Å². The van der Waals surface area contributed by atoms with Gasteiger partial charge in [0, 0.05) is 12.0 Å². The summed E-state index contributed by atoms with van der Waals surface area (Å²) in [5, 5.41) is 10.6. The number of carbonyl (C=O) groups excluding carboxylic acids is 1. The third-order valence-electron chi connectivity index (χ3n) is 3.89. The molecule has 1 aliphatic carbocycles. The first kappa shape index (κ1) is 17.3. The summed E-state index contributed by atoms with van der Waals surface area (Å²) in [4.78, 5) is 14.0. The van der Waals surface area contributed by atoms with Crippen molar-refractivity contribution in [2.45, 2.75) is 91.0 Å². The van der Waals surface area contributed by atoms with Crippen LogP contribution in [0.3, 0.4) is 0 Å². The van der Waals surface area contributed by atoms with E-state index in [0.717, 1.165) is 38.5 Å². The Morgan fingerprint density at radius 3 is 2.35 bits per heavy atom. The van der Waals surface area contributed by atoms with Crippen LogP contribution in [0.5, 0.6) is 0 Å². The maximum absolute atomic E-state index is 12.4. The highest BCUT2D eigenvalue weighted by Crippen LogP contribution is 2.31. The Balaban J connectivity index is 2.80. The standard InChI is InChI=1S/C16H31NO3/c1-6-9-12(2)17(15(19)20-16(3,4)5)14(18)13-10-7-8-11-13/h12-14,18H,6-11H2,1-5H3. The zero-order chi connectivity index (χ0) is 15.3. The Morgan fingerprint density at radius 2 is 1.90 bits per heavy atom. The van der Waals surface area contributed by atoms with Crippen molar-refractivity contribution in [3.05, 3.63) is 0 Å². The summed E-state index contributed by atoms with van der Waals surface area (Å²) in [5.41, 5.74) is -0.531. The van der Waals surface area contributed by atoms with E-state index < -0.39 is 17.9 Å². The third kappa shape index (κ3) is 4.97.